The summed E-state index contributed by atoms with van der Waals surface area (Å²) >= 11 is 0. The number of hydrogen-bond donors (Lipinski definition) is 1. The van der Waals surface area contributed by atoms with Crippen molar-refractivity contribution in [2.75, 3.05) is 0 Å². The van der Waals surface area contributed by atoms with E-state index in [4.69, 9.17) is 9.52 Å². The molecule has 3 rings (SSSR count). The first kappa shape index (κ1) is 11.5. The number of fused-ring (bicyclic) bond motifs is 1. The van der Waals surface area contributed by atoms with Crippen molar-refractivity contribution in [1.82, 2.24) is 14.8 Å². The van der Waals surface area contributed by atoms with E-state index in [-0.39, 0.29) is 5.69 Å². The van der Waals surface area contributed by atoms with Gasteiger partial charge in [0.2, 0.25) is 0 Å². The number of aromatic carboxylic acids is 1. The van der Waals surface area contributed by atoms with Crippen LogP contribution >= 0.6 is 0 Å². The summed E-state index contributed by atoms with van der Waals surface area (Å²) in [5.74, 6) is 0.527. The van der Waals surface area contributed by atoms with Crippen LogP contribution in [0.5, 0.6) is 0 Å². The van der Waals surface area contributed by atoms with Crippen LogP contribution in [-0.2, 0) is 6.54 Å². The number of carbonyl (C=O) groups is 1. The summed E-state index contributed by atoms with van der Waals surface area (Å²) < 4.78 is 7.10. The lowest BCUT2D eigenvalue weighted by Gasteiger charge is -2.01. The molecule has 3 aromatic heterocycles. The van der Waals surface area contributed by atoms with Gasteiger partial charge >= 0.3 is 5.97 Å². The minimum Gasteiger partial charge on any atom is -0.477 e. The van der Waals surface area contributed by atoms with Crippen LogP contribution in [0.15, 0.2) is 34.9 Å². The number of hydrogen-bond acceptors (Lipinski definition) is 4. The molecular formula is C13H11N3O3. The lowest BCUT2D eigenvalue weighted by molar-refractivity contribution is 0.0691. The van der Waals surface area contributed by atoms with Crippen LogP contribution in [0.2, 0.25) is 0 Å². The van der Waals surface area contributed by atoms with Crippen LogP contribution < -0.4 is 0 Å². The summed E-state index contributed by atoms with van der Waals surface area (Å²) in [6.07, 6.45) is 1.66. The molecule has 0 fully saturated rings. The SMILES string of the molecule is Cc1ccc(Cn2ncc3ccc(C(=O)O)nc32)o1. The zero-order chi connectivity index (χ0) is 13.4. The van der Waals surface area contributed by atoms with Gasteiger partial charge in [0.15, 0.2) is 11.3 Å². The second-order valence-electron chi connectivity index (χ2n) is 4.23. The fourth-order valence-corrected chi connectivity index (χ4v) is 1.91. The van der Waals surface area contributed by atoms with E-state index in [2.05, 4.69) is 10.1 Å². The van der Waals surface area contributed by atoms with Crippen molar-refractivity contribution in [2.24, 2.45) is 0 Å². The van der Waals surface area contributed by atoms with E-state index in [1.165, 1.54) is 6.07 Å². The molecule has 1 N–H and O–H groups in total. The lowest BCUT2D eigenvalue weighted by atomic mass is 10.3. The van der Waals surface area contributed by atoms with Crippen LogP contribution in [0.25, 0.3) is 11.0 Å². The van der Waals surface area contributed by atoms with Crippen molar-refractivity contribution in [1.29, 1.82) is 0 Å². The predicted octanol–water partition coefficient (Wildman–Crippen LogP) is 2.08. The fourth-order valence-electron chi connectivity index (χ4n) is 1.91. The van der Waals surface area contributed by atoms with Crippen molar-refractivity contribution >= 4 is 17.0 Å². The summed E-state index contributed by atoms with van der Waals surface area (Å²) in [5.41, 5.74) is 0.541. The van der Waals surface area contributed by atoms with E-state index in [1.807, 2.05) is 19.1 Å². The molecule has 0 aliphatic heterocycles. The van der Waals surface area contributed by atoms with Crippen LogP contribution in [0.1, 0.15) is 22.0 Å². The van der Waals surface area contributed by atoms with Gasteiger partial charge in [-0.3, -0.25) is 0 Å². The van der Waals surface area contributed by atoms with Gasteiger partial charge in [0.1, 0.15) is 18.1 Å². The van der Waals surface area contributed by atoms with Crippen molar-refractivity contribution in [2.45, 2.75) is 13.5 Å². The second-order valence-corrected chi connectivity index (χ2v) is 4.23. The molecule has 0 aliphatic rings. The highest BCUT2D eigenvalue weighted by Crippen LogP contribution is 2.15. The molecule has 0 saturated heterocycles. The molecule has 19 heavy (non-hydrogen) atoms. The zero-order valence-corrected chi connectivity index (χ0v) is 10.2. The van der Waals surface area contributed by atoms with Gasteiger partial charge in [-0.25, -0.2) is 14.5 Å². The Bertz CT molecular complexity index is 757. The molecule has 0 saturated carbocycles. The van der Waals surface area contributed by atoms with Crippen LogP contribution in [-0.4, -0.2) is 25.8 Å². The smallest absolute Gasteiger partial charge is 0.354 e. The molecule has 0 radical (unpaired) electrons. The molecule has 0 unspecified atom stereocenters. The standard InChI is InChI=1S/C13H11N3O3/c1-8-2-4-10(19-8)7-16-12-9(6-14-16)3-5-11(15-12)13(17)18/h2-6H,7H2,1H3,(H,17,18). The topological polar surface area (TPSA) is 81.2 Å². The highest BCUT2D eigenvalue weighted by molar-refractivity contribution is 5.88. The van der Waals surface area contributed by atoms with Crippen molar-refractivity contribution in [3.8, 4) is 0 Å². The molecular weight excluding hydrogens is 246 g/mol. The first-order valence-electron chi connectivity index (χ1n) is 5.74. The highest BCUT2D eigenvalue weighted by Gasteiger charge is 2.11. The largest absolute Gasteiger partial charge is 0.477 e. The summed E-state index contributed by atoms with van der Waals surface area (Å²) in [6, 6.07) is 6.90. The molecule has 3 aromatic rings. The lowest BCUT2D eigenvalue weighted by Crippen LogP contribution is -2.05. The van der Waals surface area contributed by atoms with E-state index < -0.39 is 5.97 Å². The third-order valence-electron chi connectivity index (χ3n) is 2.81. The van der Waals surface area contributed by atoms with E-state index in [1.54, 1.807) is 16.9 Å². The second kappa shape index (κ2) is 4.24. The van der Waals surface area contributed by atoms with Gasteiger partial charge in [-0.1, -0.05) is 0 Å². The molecule has 6 nitrogen and oxygen atoms in total. The minimum atomic E-state index is -1.05. The third kappa shape index (κ3) is 2.08. The number of pyridine rings is 1. The average Bonchev–Trinajstić information content (AvgIpc) is 2.96. The molecule has 0 spiro atoms. The Labute approximate surface area is 108 Å². The van der Waals surface area contributed by atoms with Crippen LogP contribution in [0.4, 0.5) is 0 Å². The Morgan fingerprint density at radius 2 is 2.21 bits per heavy atom. The minimum absolute atomic E-state index is 0.00451. The Morgan fingerprint density at radius 1 is 1.37 bits per heavy atom. The van der Waals surface area contributed by atoms with Crippen LogP contribution in [0, 0.1) is 6.92 Å². The van der Waals surface area contributed by atoms with Crippen molar-refractivity contribution in [3.63, 3.8) is 0 Å². The molecule has 96 valence electrons. The molecule has 0 aliphatic carbocycles. The normalized spacial score (nSPS) is 11.0. The van der Waals surface area contributed by atoms with Gasteiger partial charge < -0.3 is 9.52 Å². The van der Waals surface area contributed by atoms with Gasteiger partial charge in [-0.15, -0.1) is 0 Å². The number of carboxylic acid groups (broad SMARTS) is 1. The zero-order valence-electron chi connectivity index (χ0n) is 10.2. The Hall–Kier alpha value is -2.63. The molecule has 0 atom stereocenters. The maximum atomic E-state index is 10.9. The van der Waals surface area contributed by atoms with E-state index in [0.29, 0.717) is 12.2 Å². The number of furan rings is 1. The fraction of sp³-hybridized carbons (Fsp3) is 0.154. The predicted molar refractivity (Wildman–Crippen MR) is 67.0 cm³/mol. The number of rotatable bonds is 3. The monoisotopic (exact) mass is 257 g/mol. The summed E-state index contributed by atoms with van der Waals surface area (Å²) in [7, 11) is 0. The van der Waals surface area contributed by atoms with E-state index in [9.17, 15) is 4.79 Å². The summed E-state index contributed by atoms with van der Waals surface area (Å²) in [4.78, 5) is 15.0. The van der Waals surface area contributed by atoms with Gasteiger partial charge in [0, 0.05) is 5.39 Å². The van der Waals surface area contributed by atoms with Gasteiger partial charge in [0.25, 0.3) is 0 Å². The number of nitrogens with zero attached hydrogens (tertiary/aromatic N) is 3. The first-order chi connectivity index (χ1) is 9.13. The molecule has 0 amide bonds. The van der Waals surface area contributed by atoms with E-state index in [0.717, 1.165) is 16.9 Å². The summed E-state index contributed by atoms with van der Waals surface area (Å²) in [6.45, 7) is 2.29. The van der Waals surface area contributed by atoms with E-state index >= 15 is 0 Å². The molecule has 3 heterocycles. The third-order valence-corrected chi connectivity index (χ3v) is 2.81. The maximum Gasteiger partial charge on any atom is 0.354 e. The summed E-state index contributed by atoms with van der Waals surface area (Å²) in [5, 5.41) is 14.0. The molecule has 6 heteroatoms. The van der Waals surface area contributed by atoms with Gasteiger partial charge in [-0.05, 0) is 31.2 Å². The Morgan fingerprint density at radius 3 is 2.89 bits per heavy atom. The molecule has 0 bridgehead atoms. The number of aromatic nitrogens is 3. The molecule has 0 aromatic carbocycles. The van der Waals surface area contributed by atoms with Crippen molar-refractivity contribution < 1.29 is 14.3 Å². The van der Waals surface area contributed by atoms with Gasteiger partial charge in [-0.2, -0.15) is 5.10 Å². The van der Waals surface area contributed by atoms with Crippen molar-refractivity contribution in [3.05, 3.63) is 47.7 Å². The Balaban J connectivity index is 2.03. The van der Waals surface area contributed by atoms with Gasteiger partial charge in [0.05, 0.1) is 6.20 Å². The average molecular weight is 257 g/mol. The Kier molecular flexibility index (Phi) is 2.56. The maximum absolute atomic E-state index is 10.9. The quantitative estimate of drug-likeness (QED) is 0.776. The first-order valence-corrected chi connectivity index (χ1v) is 5.74. The number of aryl methyl sites for hydroxylation is 1. The number of carboxylic acids is 1. The highest BCUT2D eigenvalue weighted by atomic mass is 16.4. The van der Waals surface area contributed by atoms with Crippen LogP contribution in [0.3, 0.4) is 0 Å².